The molecule has 3 aromatic rings. The SMILES string of the molecule is COc1ccc(CC(=O)N2CCC3(CC2)CN([C@@H]2CCc4cc(-n5nccn5)ccc42)C3)nc1. The number of carbonyl (C=O) groups is 1. The highest BCUT2D eigenvalue weighted by Gasteiger charge is 2.48. The van der Waals surface area contributed by atoms with Crippen molar-refractivity contribution in [2.45, 2.75) is 38.1 Å². The molecule has 34 heavy (non-hydrogen) atoms. The number of methoxy groups -OCH3 is 1. The van der Waals surface area contributed by atoms with Crippen molar-refractivity contribution in [3.63, 3.8) is 0 Å². The maximum Gasteiger partial charge on any atom is 0.228 e. The van der Waals surface area contributed by atoms with Gasteiger partial charge in [-0.2, -0.15) is 15.0 Å². The van der Waals surface area contributed by atoms with Crippen molar-refractivity contribution < 1.29 is 9.53 Å². The Hall–Kier alpha value is -3.26. The second-order valence-electron chi connectivity index (χ2n) is 9.91. The Bertz CT molecular complexity index is 1160. The molecular formula is C26H30N6O2. The van der Waals surface area contributed by atoms with Crippen LogP contribution in [-0.2, 0) is 17.6 Å². The number of fused-ring (bicyclic) bond motifs is 1. The molecule has 1 amide bonds. The minimum Gasteiger partial charge on any atom is -0.495 e. The molecule has 2 fully saturated rings. The fourth-order valence-corrected chi connectivity index (χ4v) is 5.92. The molecular weight excluding hydrogens is 428 g/mol. The number of hydrogen-bond donors (Lipinski definition) is 0. The van der Waals surface area contributed by atoms with Gasteiger partial charge in [0.1, 0.15) is 5.75 Å². The minimum atomic E-state index is 0.177. The first-order valence-corrected chi connectivity index (χ1v) is 12.1. The maximum absolute atomic E-state index is 12.8. The first-order valence-electron chi connectivity index (χ1n) is 12.1. The fourth-order valence-electron chi connectivity index (χ4n) is 5.92. The lowest BCUT2D eigenvalue weighted by atomic mass is 9.71. The van der Waals surface area contributed by atoms with E-state index in [-0.39, 0.29) is 5.91 Å². The Labute approximate surface area is 199 Å². The summed E-state index contributed by atoms with van der Waals surface area (Å²) in [4.78, 5) is 23.5. The molecule has 6 rings (SSSR count). The van der Waals surface area contributed by atoms with E-state index in [1.807, 2.05) is 17.0 Å². The van der Waals surface area contributed by atoms with Crippen LogP contribution in [0.1, 0.15) is 42.1 Å². The van der Waals surface area contributed by atoms with E-state index in [9.17, 15) is 4.79 Å². The summed E-state index contributed by atoms with van der Waals surface area (Å²) >= 11 is 0. The fraction of sp³-hybridized carbons (Fsp3) is 0.462. The smallest absolute Gasteiger partial charge is 0.228 e. The zero-order valence-corrected chi connectivity index (χ0v) is 19.6. The molecule has 0 saturated carbocycles. The standard InChI is InChI=1S/C26H30N6O2/c1-34-22-5-3-20(27-16-22)15-25(33)30-12-8-26(9-13-30)17-31(18-26)24-7-2-19-14-21(4-6-23(19)24)32-28-10-11-29-32/h3-6,10-11,14,16,24H,2,7-9,12-13,15,17-18H2,1H3/t24-/m1/s1. The summed E-state index contributed by atoms with van der Waals surface area (Å²) in [6.07, 6.45) is 9.94. The number of amides is 1. The molecule has 1 aromatic carbocycles. The molecule has 1 spiro atoms. The predicted molar refractivity (Wildman–Crippen MR) is 127 cm³/mol. The van der Waals surface area contributed by atoms with Crippen LogP contribution in [0.3, 0.4) is 0 Å². The second-order valence-corrected chi connectivity index (χ2v) is 9.91. The number of carbonyl (C=O) groups excluding carboxylic acids is 1. The Morgan fingerprint density at radius 1 is 1.12 bits per heavy atom. The van der Waals surface area contributed by atoms with Crippen LogP contribution in [-0.4, -0.2) is 69.0 Å². The van der Waals surface area contributed by atoms with Crippen molar-refractivity contribution in [3.8, 4) is 11.4 Å². The van der Waals surface area contributed by atoms with Crippen LogP contribution < -0.4 is 4.74 Å². The summed E-state index contributed by atoms with van der Waals surface area (Å²) in [6.45, 7) is 3.98. The van der Waals surface area contributed by atoms with Crippen LogP contribution in [0.15, 0.2) is 48.9 Å². The number of likely N-dealkylation sites (tertiary alicyclic amines) is 2. The van der Waals surface area contributed by atoms with Crippen molar-refractivity contribution in [2.75, 3.05) is 33.3 Å². The van der Waals surface area contributed by atoms with Crippen LogP contribution in [0.25, 0.3) is 5.69 Å². The number of nitrogens with zero attached hydrogens (tertiary/aromatic N) is 6. The zero-order valence-electron chi connectivity index (χ0n) is 19.6. The van der Waals surface area contributed by atoms with Gasteiger partial charge in [0.2, 0.25) is 5.91 Å². The molecule has 176 valence electrons. The first kappa shape index (κ1) is 21.3. The van der Waals surface area contributed by atoms with E-state index in [4.69, 9.17) is 4.74 Å². The molecule has 8 heteroatoms. The summed E-state index contributed by atoms with van der Waals surface area (Å²) < 4.78 is 5.15. The first-order chi connectivity index (χ1) is 16.6. The summed E-state index contributed by atoms with van der Waals surface area (Å²) in [7, 11) is 1.62. The van der Waals surface area contributed by atoms with E-state index >= 15 is 0 Å². The van der Waals surface area contributed by atoms with Gasteiger partial charge in [-0.15, -0.1) is 0 Å². The Kier molecular flexibility index (Phi) is 5.32. The number of rotatable bonds is 5. The number of hydrogen-bond acceptors (Lipinski definition) is 6. The summed E-state index contributed by atoms with van der Waals surface area (Å²) in [5.41, 5.74) is 5.09. The Balaban J connectivity index is 1.03. The van der Waals surface area contributed by atoms with E-state index in [1.165, 1.54) is 17.5 Å². The molecule has 1 aliphatic carbocycles. The third-order valence-electron chi connectivity index (χ3n) is 7.88. The molecule has 0 unspecified atom stereocenters. The van der Waals surface area contributed by atoms with Gasteiger partial charge in [-0.1, -0.05) is 6.07 Å². The molecule has 3 aliphatic rings. The highest BCUT2D eigenvalue weighted by Crippen LogP contribution is 2.47. The molecule has 8 nitrogen and oxygen atoms in total. The average Bonchev–Trinajstić information content (AvgIpc) is 3.53. The lowest BCUT2D eigenvalue weighted by molar-refractivity contribution is -0.136. The third-order valence-corrected chi connectivity index (χ3v) is 7.88. The number of ether oxygens (including phenoxy) is 1. The number of aryl methyl sites for hydroxylation is 1. The third kappa shape index (κ3) is 3.86. The molecule has 0 radical (unpaired) electrons. The van der Waals surface area contributed by atoms with Gasteiger partial charge in [0, 0.05) is 37.9 Å². The quantitative estimate of drug-likeness (QED) is 0.585. The van der Waals surface area contributed by atoms with E-state index < -0.39 is 0 Å². The molecule has 2 aromatic heterocycles. The summed E-state index contributed by atoms with van der Waals surface area (Å²) in [5.74, 6) is 0.891. The van der Waals surface area contributed by atoms with Gasteiger partial charge in [0.05, 0.1) is 37.8 Å². The largest absolute Gasteiger partial charge is 0.495 e. The average molecular weight is 459 g/mol. The normalized spacial score (nSPS) is 21.3. The molecule has 2 aliphatic heterocycles. The van der Waals surface area contributed by atoms with Crippen LogP contribution in [0, 0.1) is 5.41 Å². The van der Waals surface area contributed by atoms with Crippen molar-refractivity contribution in [1.82, 2.24) is 29.8 Å². The highest BCUT2D eigenvalue weighted by molar-refractivity contribution is 5.78. The number of pyridine rings is 1. The van der Waals surface area contributed by atoms with Crippen LogP contribution in [0.4, 0.5) is 0 Å². The summed E-state index contributed by atoms with van der Waals surface area (Å²) in [6, 6.07) is 10.9. The van der Waals surface area contributed by atoms with Gasteiger partial charge in [-0.3, -0.25) is 14.7 Å². The molecule has 2 saturated heterocycles. The van der Waals surface area contributed by atoms with Crippen molar-refractivity contribution in [3.05, 3.63) is 65.7 Å². The number of aromatic nitrogens is 4. The molecule has 1 atom stereocenters. The topological polar surface area (TPSA) is 76.4 Å². The number of piperidine rings is 1. The lowest BCUT2D eigenvalue weighted by Gasteiger charge is -2.56. The Morgan fingerprint density at radius 3 is 2.62 bits per heavy atom. The van der Waals surface area contributed by atoms with Crippen LogP contribution in [0.2, 0.25) is 0 Å². The van der Waals surface area contributed by atoms with Gasteiger partial charge in [-0.25, -0.2) is 0 Å². The van der Waals surface area contributed by atoms with Crippen molar-refractivity contribution in [1.29, 1.82) is 0 Å². The van der Waals surface area contributed by atoms with E-state index in [0.29, 0.717) is 23.6 Å². The predicted octanol–water partition coefficient (Wildman–Crippen LogP) is 2.83. The minimum absolute atomic E-state index is 0.177. The second kappa shape index (κ2) is 8.51. The van der Waals surface area contributed by atoms with Crippen molar-refractivity contribution >= 4 is 5.91 Å². The molecule has 4 heterocycles. The van der Waals surface area contributed by atoms with Crippen molar-refractivity contribution in [2.24, 2.45) is 5.41 Å². The Morgan fingerprint density at radius 2 is 1.91 bits per heavy atom. The van der Waals surface area contributed by atoms with Gasteiger partial charge in [-0.05, 0) is 66.5 Å². The highest BCUT2D eigenvalue weighted by atomic mass is 16.5. The van der Waals surface area contributed by atoms with Gasteiger partial charge in [0.15, 0.2) is 0 Å². The van der Waals surface area contributed by atoms with E-state index in [0.717, 1.165) is 56.8 Å². The van der Waals surface area contributed by atoms with Crippen LogP contribution in [0.5, 0.6) is 5.75 Å². The van der Waals surface area contributed by atoms with E-state index in [1.54, 1.807) is 30.5 Å². The van der Waals surface area contributed by atoms with Gasteiger partial charge >= 0.3 is 0 Å². The van der Waals surface area contributed by atoms with Gasteiger partial charge in [0.25, 0.3) is 0 Å². The summed E-state index contributed by atoms with van der Waals surface area (Å²) in [5, 5.41) is 8.52. The zero-order chi connectivity index (χ0) is 23.1. The van der Waals surface area contributed by atoms with Gasteiger partial charge < -0.3 is 9.64 Å². The maximum atomic E-state index is 12.8. The molecule has 0 bridgehead atoms. The molecule has 0 N–H and O–H groups in total. The number of benzene rings is 1. The van der Waals surface area contributed by atoms with E-state index in [2.05, 4.69) is 38.3 Å². The van der Waals surface area contributed by atoms with Crippen LogP contribution >= 0.6 is 0 Å². The lowest BCUT2D eigenvalue weighted by Crippen LogP contribution is -2.61. The monoisotopic (exact) mass is 458 g/mol.